The fourth-order valence-electron chi connectivity index (χ4n) is 5.57. The Balaban J connectivity index is 1.29. The van der Waals surface area contributed by atoms with Gasteiger partial charge in [-0.2, -0.15) is 0 Å². The van der Waals surface area contributed by atoms with Gasteiger partial charge in [0.25, 0.3) is 0 Å². The predicted octanol–water partition coefficient (Wildman–Crippen LogP) is 7.28. The zero-order chi connectivity index (χ0) is 30.8. The number of rotatable bonds is 9. The second-order valence-electron chi connectivity index (χ2n) is 11.2. The molecule has 1 aliphatic heterocycles. The number of benzene rings is 3. The zero-order valence-corrected chi connectivity index (χ0v) is 25.8. The number of ether oxygens (including phenoxy) is 2. The third kappa shape index (κ3) is 5.93. The first kappa shape index (κ1) is 29.5. The first-order valence-electron chi connectivity index (χ1n) is 14.7. The summed E-state index contributed by atoms with van der Waals surface area (Å²) in [6.45, 7) is 7.03. The molecule has 226 valence electrons. The van der Waals surface area contributed by atoms with Gasteiger partial charge in [0.2, 0.25) is 5.91 Å². The van der Waals surface area contributed by atoms with E-state index in [-0.39, 0.29) is 11.8 Å². The minimum absolute atomic E-state index is 0.0267. The van der Waals surface area contributed by atoms with Gasteiger partial charge in [0.1, 0.15) is 17.2 Å². The van der Waals surface area contributed by atoms with E-state index in [1.807, 2.05) is 81.6 Å². The van der Waals surface area contributed by atoms with Gasteiger partial charge in [-0.15, -0.1) is 11.3 Å². The Bertz CT molecular complexity index is 1800. The number of carboxylic acid groups (broad SMARTS) is 1. The van der Waals surface area contributed by atoms with Crippen LogP contribution in [0.3, 0.4) is 0 Å². The SMILES string of the molecule is CC(C)C(=O)Nc1ccc(N2CCOCC2)c(COc2ccc(-c3c(-c4ccccc4)c4sc(C(=O)O)cc4n3C)cc2)c1. The maximum Gasteiger partial charge on any atom is 0.345 e. The number of morpholine rings is 1. The van der Waals surface area contributed by atoms with Crippen molar-refractivity contribution in [2.45, 2.75) is 20.5 Å². The zero-order valence-electron chi connectivity index (χ0n) is 25.0. The molecular formula is C35H35N3O5S. The molecule has 3 heterocycles. The van der Waals surface area contributed by atoms with Crippen LogP contribution in [0.25, 0.3) is 32.6 Å². The van der Waals surface area contributed by atoms with E-state index >= 15 is 0 Å². The van der Waals surface area contributed by atoms with Crippen LogP contribution < -0.4 is 15.0 Å². The number of thiophene rings is 1. The Hall–Kier alpha value is -4.60. The third-order valence-corrected chi connectivity index (χ3v) is 9.02. The van der Waals surface area contributed by atoms with Gasteiger partial charge < -0.3 is 29.4 Å². The molecule has 44 heavy (non-hydrogen) atoms. The van der Waals surface area contributed by atoms with Crippen LogP contribution in [-0.2, 0) is 23.2 Å². The van der Waals surface area contributed by atoms with Crippen LogP contribution in [0.15, 0.2) is 78.9 Å². The molecule has 1 saturated heterocycles. The van der Waals surface area contributed by atoms with Crippen molar-refractivity contribution in [1.82, 2.24) is 4.57 Å². The molecule has 1 fully saturated rings. The van der Waals surface area contributed by atoms with Gasteiger partial charge >= 0.3 is 5.97 Å². The quantitative estimate of drug-likeness (QED) is 0.182. The number of hydrogen-bond acceptors (Lipinski definition) is 6. The highest BCUT2D eigenvalue weighted by atomic mass is 32.1. The summed E-state index contributed by atoms with van der Waals surface area (Å²) >= 11 is 1.30. The Morgan fingerprint density at radius 2 is 1.70 bits per heavy atom. The first-order valence-corrected chi connectivity index (χ1v) is 15.5. The number of aromatic carboxylic acids is 1. The molecule has 0 aliphatic carbocycles. The number of carbonyl (C=O) groups excluding carboxylic acids is 1. The van der Waals surface area contributed by atoms with Crippen molar-refractivity contribution in [2.24, 2.45) is 13.0 Å². The van der Waals surface area contributed by atoms with Gasteiger partial charge in [-0.3, -0.25) is 4.79 Å². The van der Waals surface area contributed by atoms with E-state index in [1.165, 1.54) is 11.3 Å². The lowest BCUT2D eigenvalue weighted by Gasteiger charge is -2.31. The van der Waals surface area contributed by atoms with Crippen LogP contribution in [0.1, 0.15) is 29.1 Å². The summed E-state index contributed by atoms with van der Waals surface area (Å²) < 4.78 is 14.9. The minimum atomic E-state index is -0.919. The molecule has 1 amide bonds. The van der Waals surface area contributed by atoms with Crippen LogP contribution in [-0.4, -0.2) is 47.9 Å². The van der Waals surface area contributed by atoms with Crippen LogP contribution in [0, 0.1) is 5.92 Å². The second-order valence-corrected chi connectivity index (χ2v) is 12.2. The van der Waals surface area contributed by atoms with Crippen LogP contribution in [0.4, 0.5) is 11.4 Å². The van der Waals surface area contributed by atoms with Crippen LogP contribution in [0.2, 0.25) is 0 Å². The number of carboxylic acids is 1. The lowest BCUT2D eigenvalue weighted by atomic mass is 10.0. The topological polar surface area (TPSA) is 93.0 Å². The maximum atomic E-state index is 12.4. The molecule has 6 rings (SSSR count). The Labute approximate surface area is 260 Å². The number of carbonyl (C=O) groups is 2. The monoisotopic (exact) mass is 609 g/mol. The highest BCUT2D eigenvalue weighted by Gasteiger charge is 2.23. The highest BCUT2D eigenvalue weighted by Crippen LogP contribution is 2.44. The minimum Gasteiger partial charge on any atom is -0.489 e. The Morgan fingerprint density at radius 1 is 0.977 bits per heavy atom. The van der Waals surface area contributed by atoms with Gasteiger partial charge in [-0.25, -0.2) is 4.79 Å². The number of amides is 1. The number of anilines is 2. The highest BCUT2D eigenvalue weighted by molar-refractivity contribution is 7.21. The smallest absolute Gasteiger partial charge is 0.345 e. The number of aromatic nitrogens is 1. The standard InChI is InChI=1S/C35H35N3O5S/c1-22(2)34(39)36-26-11-14-28(38-15-17-42-18-16-38)25(19-26)21-43-27-12-9-24(10-13-27)32-31(23-7-5-4-6-8-23)33-29(37(32)3)20-30(44-33)35(40)41/h4-14,19-20,22H,15-18,21H2,1-3H3,(H,36,39)(H,40,41). The van der Waals surface area contributed by atoms with Gasteiger partial charge in [-0.1, -0.05) is 44.2 Å². The predicted molar refractivity (Wildman–Crippen MR) is 176 cm³/mol. The average molecular weight is 610 g/mol. The van der Waals surface area contributed by atoms with Gasteiger partial charge in [0.15, 0.2) is 0 Å². The molecule has 5 aromatic rings. The molecule has 0 unspecified atom stereocenters. The van der Waals surface area contributed by atoms with E-state index in [4.69, 9.17) is 9.47 Å². The van der Waals surface area contributed by atoms with Gasteiger partial charge in [0.05, 0.1) is 29.1 Å². The molecule has 9 heteroatoms. The van der Waals surface area contributed by atoms with Crippen LogP contribution >= 0.6 is 11.3 Å². The van der Waals surface area contributed by atoms with Crippen molar-refractivity contribution >= 4 is 44.8 Å². The Kier molecular flexibility index (Phi) is 8.41. The molecule has 0 radical (unpaired) electrons. The summed E-state index contributed by atoms with van der Waals surface area (Å²) in [6, 6.07) is 25.8. The molecular weight excluding hydrogens is 574 g/mol. The largest absolute Gasteiger partial charge is 0.489 e. The summed E-state index contributed by atoms with van der Waals surface area (Å²) in [4.78, 5) is 26.7. The molecule has 1 aliphatic rings. The fraction of sp³-hybridized carbons (Fsp3) is 0.257. The number of nitrogens with one attached hydrogen (secondary N) is 1. The molecule has 2 aromatic heterocycles. The van der Waals surface area contributed by atoms with Crippen molar-refractivity contribution in [3.63, 3.8) is 0 Å². The van der Waals surface area contributed by atoms with E-state index in [0.29, 0.717) is 24.7 Å². The summed E-state index contributed by atoms with van der Waals surface area (Å²) in [7, 11) is 1.98. The van der Waals surface area contributed by atoms with Crippen molar-refractivity contribution in [1.29, 1.82) is 0 Å². The van der Waals surface area contributed by atoms with Crippen molar-refractivity contribution in [2.75, 3.05) is 36.5 Å². The van der Waals surface area contributed by atoms with E-state index < -0.39 is 5.97 Å². The maximum absolute atomic E-state index is 12.4. The summed E-state index contributed by atoms with van der Waals surface area (Å²) in [5.41, 5.74) is 7.78. The second kappa shape index (κ2) is 12.6. The number of aryl methyl sites for hydroxylation is 1. The molecule has 0 saturated carbocycles. The average Bonchev–Trinajstić information content (AvgIpc) is 3.59. The number of nitrogens with zero attached hydrogens (tertiary/aromatic N) is 2. The van der Waals surface area contributed by atoms with E-state index in [9.17, 15) is 14.7 Å². The van der Waals surface area contributed by atoms with Crippen molar-refractivity contribution < 1.29 is 24.2 Å². The summed E-state index contributed by atoms with van der Waals surface area (Å²) in [6.07, 6.45) is 0. The molecule has 2 N–H and O–H groups in total. The van der Waals surface area contributed by atoms with Gasteiger partial charge in [-0.05, 0) is 59.7 Å². The summed E-state index contributed by atoms with van der Waals surface area (Å²) in [5.74, 6) is -0.337. The first-order chi connectivity index (χ1) is 21.3. The van der Waals surface area contributed by atoms with Crippen molar-refractivity contribution in [3.8, 4) is 28.1 Å². The normalized spacial score (nSPS) is 13.4. The lowest BCUT2D eigenvalue weighted by Crippen LogP contribution is -2.36. The fourth-order valence-corrected chi connectivity index (χ4v) is 6.66. The third-order valence-electron chi connectivity index (χ3n) is 7.89. The molecule has 0 spiro atoms. The lowest BCUT2D eigenvalue weighted by molar-refractivity contribution is -0.118. The van der Waals surface area contributed by atoms with E-state index in [2.05, 4.69) is 26.9 Å². The summed E-state index contributed by atoms with van der Waals surface area (Å²) in [5, 5.41) is 12.6. The van der Waals surface area contributed by atoms with Crippen molar-refractivity contribution in [3.05, 3.63) is 89.3 Å². The van der Waals surface area contributed by atoms with Crippen LogP contribution in [0.5, 0.6) is 5.75 Å². The van der Waals surface area contributed by atoms with Gasteiger partial charge in [0, 0.05) is 48.6 Å². The van der Waals surface area contributed by atoms with E-state index in [0.717, 1.165) is 68.4 Å². The molecule has 0 atom stereocenters. The molecule has 0 bridgehead atoms. The Morgan fingerprint density at radius 3 is 2.39 bits per heavy atom. The molecule has 3 aromatic carbocycles. The number of fused-ring (bicyclic) bond motifs is 1. The van der Waals surface area contributed by atoms with E-state index in [1.54, 1.807) is 6.07 Å². The molecule has 8 nitrogen and oxygen atoms in total. The number of hydrogen-bond donors (Lipinski definition) is 2.